The molecule has 2 nitrogen and oxygen atoms in total. The molecule has 2 saturated heterocycles. The molecule has 2 aliphatic heterocycles. The first-order valence-corrected chi connectivity index (χ1v) is 7.74. The fraction of sp³-hybridized carbons (Fsp3) is 1.00. The zero-order valence-corrected chi connectivity index (χ0v) is 12.7. The summed E-state index contributed by atoms with van der Waals surface area (Å²) in [6, 6.07) is 0. The van der Waals surface area contributed by atoms with E-state index in [9.17, 15) is 0 Å². The molecule has 17 heavy (non-hydrogen) atoms. The third kappa shape index (κ3) is 9.61. The van der Waals surface area contributed by atoms with E-state index in [0.717, 1.165) is 0 Å². The van der Waals surface area contributed by atoms with Gasteiger partial charge in [-0.05, 0) is 65.5 Å². The molecular weight excluding hydrogens is 208 g/mol. The van der Waals surface area contributed by atoms with Gasteiger partial charge in [-0.1, -0.05) is 33.6 Å². The van der Waals surface area contributed by atoms with Crippen LogP contribution in [0.5, 0.6) is 0 Å². The maximum Gasteiger partial charge on any atom is -0.00188 e. The Balaban J connectivity index is 0.000000265. The zero-order chi connectivity index (χ0) is 12.9. The lowest BCUT2D eigenvalue weighted by molar-refractivity contribution is 0.240. The van der Waals surface area contributed by atoms with Gasteiger partial charge in [-0.2, -0.15) is 0 Å². The molecule has 0 radical (unpaired) electrons. The second-order valence-electron chi connectivity index (χ2n) is 4.86. The average Bonchev–Trinajstić information content (AvgIpc) is 2.43. The van der Waals surface area contributed by atoms with Gasteiger partial charge in [-0.25, -0.2) is 0 Å². The van der Waals surface area contributed by atoms with Crippen LogP contribution in [0.25, 0.3) is 0 Å². The SMILES string of the molecule is CC.CCN1CCCCC1.CN1CCCCC1. The summed E-state index contributed by atoms with van der Waals surface area (Å²) in [7, 11) is 2.19. The first kappa shape index (κ1) is 16.9. The third-order valence-corrected chi connectivity index (χ3v) is 3.48. The Morgan fingerprint density at radius 1 is 0.706 bits per heavy atom. The van der Waals surface area contributed by atoms with E-state index in [1.54, 1.807) is 0 Å². The quantitative estimate of drug-likeness (QED) is 0.693. The molecule has 0 bridgehead atoms. The van der Waals surface area contributed by atoms with Crippen molar-refractivity contribution in [1.29, 1.82) is 0 Å². The van der Waals surface area contributed by atoms with E-state index >= 15 is 0 Å². The highest BCUT2D eigenvalue weighted by Gasteiger charge is 2.05. The van der Waals surface area contributed by atoms with Crippen LogP contribution in [0.4, 0.5) is 0 Å². The van der Waals surface area contributed by atoms with Gasteiger partial charge >= 0.3 is 0 Å². The number of hydrogen-bond acceptors (Lipinski definition) is 2. The van der Waals surface area contributed by atoms with Crippen LogP contribution < -0.4 is 0 Å². The number of likely N-dealkylation sites (tertiary alicyclic amines) is 2. The van der Waals surface area contributed by atoms with Crippen LogP contribution in [-0.2, 0) is 0 Å². The smallest absolute Gasteiger partial charge is 0.00188 e. The minimum atomic E-state index is 1.25. The van der Waals surface area contributed by atoms with E-state index in [0.29, 0.717) is 0 Å². The lowest BCUT2D eigenvalue weighted by atomic mass is 10.1. The normalized spacial score (nSPS) is 21.9. The second kappa shape index (κ2) is 12.4. The Kier molecular flexibility index (Phi) is 12.3. The molecule has 2 aliphatic rings. The van der Waals surface area contributed by atoms with Crippen molar-refractivity contribution in [2.75, 3.05) is 39.8 Å². The summed E-state index contributed by atoms with van der Waals surface area (Å²) in [6.07, 6.45) is 8.58. The van der Waals surface area contributed by atoms with Crippen molar-refractivity contribution >= 4 is 0 Å². The highest BCUT2D eigenvalue weighted by Crippen LogP contribution is 2.06. The van der Waals surface area contributed by atoms with Crippen molar-refractivity contribution in [3.8, 4) is 0 Å². The van der Waals surface area contributed by atoms with E-state index in [4.69, 9.17) is 0 Å². The molecule has 0 saturated carbocycles. The van der Waals surface area contributed by atoms with Gasteiger partial charge in [0.25, 0.3) is 0 Å². The van der Waals surface area contributed by atoms with E-state index in [-0.39, 0.29) is 0 Å². The fourth-order valence-electron chi connectivity index (χ4n) is 2.33. The Labute approximate surface area is 109 Å². The number of rotatable bonds is 1. The van der Waals surface area contributed by atoms with Gasteiger partial charge in [0, 0.05) is 0 Å². The van der Waals surface area contributed by atoms with Crippen molar-refractivity contribution in [2.45, 2.75) is 59.3 Å². The molecule has 0 aromatic heterocycles. The summed E-state index contributed by atoms with van der Waals surface area (Å²) in [6.45, 7) is 12.8. The summed E-state index contributed by atoms with van der Waals surface area (Å²) < 4.78 is 0. The molecule has 2 heteroatoms. The maximum atomic E-state index is 2.52. The first-order valence-electron chi connectivity index (χ1n) is 7.74. The minimum absolute atomic E-state index is 1.25. The fourth-order valence-corrected chi connectivity index (χ4v) is 2.33. The lowest BCUT2D eigenvalue weighted by Crippen LogP contribution is -2.29. The van der Waals surface area contributed by atoms with Crippen LogP contribution in [0.2, 0.25) is 0 Å². The molecule has 0 aromatic carbocycles. The minimum Gasteiger partial charge on any atom is -0.306 e. The van der Waals surface area contributed by atoms with Crippen LogP contribution in [0.15, 0.2) is 0 Å². The van der Waals surface area contributed by atoms with Crippen molar-refractivity contribution in [2.24, 2.45) is 0 Å². The van der Waals surface area contributed by atoms with Crippen LogP contribution in [0.1, 0.15) is 59.3 Å². The summed E-state index contributed by atoms with van der Waals surface area (Å²) in [5.74, 6) is 0. The number of nitrogens with zero attached hydrogens (tertiary/aromatic N) is 2. The van der Waals surface area contributed by atoms with Crippen molar-refractivity contribution in [3.63, 3.8) is 0 Å². The summed E-state index contributed by atoms with van der Waals surface area (Å²) >= 11 is 0. The van der Waals surface area contributed by atoms with Gasteiger partial charge in [0.1, 0.15) is 0 Å². The van der Waals surface area contributed by atoms with E-state index in [1.165, 1.54) is 71.2 Å². The van der Waals surface area contributed by atoms with Crippen molar-refractivity contribution < 1.29 is 0 Å². The number of hydrogen-bond donors (Lipinski definition) is 0. The molecule has 2 fully saturated rings. The van der Waals surface area contributed by atoms with Gasteiger partial charge in [-0.15, -0.1) is 0 Å². The van der Waals surface area contributed by atoms with Crippen molar-refractivity contribution in [1.82, 2.24) is 9.80 Å². The predicted molar refractivity (Wildman–Crippen MR) is 78.7 cm³/mol. The molecule has 0 atom stereocenters. The van der Waals surface area contributed by atoms with Gasteiger partial charge in [0.2, 0.25) is 0 Å². The second-order valence-corrected chi connectivity index (χ2v) is 4.86. The van der Waals surface area contributed by atoms with E-state index in [1.807, 2.05) is 13.8 Å². The maximum absolute atomic E-state index is 2.52. The highest BCUT2D eigenvalue weighted by atomic mass is 15.1. The average molecular weight is 242 g/mol. The first-order chi connectivity index (χ1) is 8.33. The lowest BCUT2D eigenvalue weighted by Gasteiger charge is -2.24. The molecule has 0 N–H and O–H groups in total. The molecular formula is C15H34N2. The monoisotopic (exact) mass is 242 g/mol. The van der Waals surface area contributed by atoms with Gasteiger partial charge < -0.3 is 9.80 Å². The Hall–Kier alpha value is -0.0800. The molecule has 0 aliphatic carbocycles. The van der Waals surface area contributed by atoms with Crippen LogP contribution >= 0.6 is 0 Å². The molecule has 0 spiro atoms. The van der Waals surface area contributed by atoms with Crippen LogP contribution in [-0.4, -0.2) is 49.6 Å². The van der Waals surface area contributed by atoms with E-state index in [2.05, 4.69) is 23.8 Å². The summed E-state index contributed by atoms with van der Waals surface area (Å²) in [5.41, 5.74) is 0. The standard InChI is InChI=1S/C7H15N.C6H13N.C2H6/c1-2-8-6-4-3-5-7-8;1-7-5-3-2-4-6-7;1-2/h2-7H2,1H3;2-6H2,1H3;1-2H3. The molecule has 2 heterocycles. The van der Waals surface area contributed by atoms with E-state index < -0.39 is 0 Å². The summed E-state index contributed by atoms with van der Waals surface area (Å²) in [5, 5.41) is 0. The summed E-state index contributed by atoms with van der Waals surface area (Å²) in [4.78, 5) is 4.91. The Bertz CT molecular complexity index is 136. The number of piperidine rings is 2. The largest absolute Gasteiger partial charge is 0.306 e. The topological polar surface area (TPSA) is 6.48 Å². The molecule has 0 unspecified atom stereocenters. The van der Waals surface area contributed by atoms with Crippen molar-refractivity contribution in [3.05, 3.63) is 0 Å². The van der Waals surface area contributed by atoms with Crippen LogP contribution in [0.3, 0.4) is 0 Å². The predicted octanol–water partition coefficient (Wildman–Crippen LogP) is 3.62. The highest BCUT2D eigenvalue weighted by molar-refractivity contribution is 4.61. The third-order valence-electron chi connectivity index (χ3n) is 3.48. The van der Waals surface area contributed by atoms with Gasteiger partial charge in [0.05, 0.1) is 0 Å². The Morgan fingerprint density at radius 3 is 1.35 bits per heavy atom. The molecule has 0 aromatic rings. The molecule has 104 valence electrons. The van der Waals surface area contributed by atoms with Crippen LogP contribution in [0, 0.1) is 0 Å². The van der Waals surface area contributed by atoms with Gasteiger partial charge in [0.15, 0.2) is 0 Å². The zero-order valence-electron chi connectivity index (χ0n) is 12.7. The van der Waals surface area contributed by atoms with Gasteiger partial charge in [-0.3, -0.25) is 0 Å². The molecule has 2 rings (SSSR count). The molecule has 0 amide bonds. The Morgan fingerprint density at radius 2 is 1.12 bits per heavy atom.